The number of aromatic hydroxyl groups is 1. The zero-order valence-corrected chi connectivity index (χ0v) is 20.7. The summed E-state index contributed by atoms with van der Waals surface area (Å²) in [4.78, 5) is 29.4. The molecular weight excluding hydrogens is 490 g/mol. The van der Waals surface area contributed by atoms with Crippen LogP contribution in [0.15, 0.2) is 67.0 Å². The molecule has 5 rings (SSSR count). The first kappa shape index (κ1) is 24.7. The highest BCUT2D eigenvalue weighted by atomic mass is 16.7. The van der Waals surface area contributed by atoms with Gasteiger partial charge in [0.05, 0.1) is 25.2 Å². The Morgan fingerprint density at radius 3 is 2.21 bits per heavy atom. The van der Waals surface area contributed by atoms with Crippen LogP contribution in [0.5, 0.6) is 5.75 Å². The van der Waals surface area contributed by atoms with Gasteiger partial charge in [0, 0.05) is 23.6 Å². The van der Waals surface area contributed by atoms with Gasteiger partial charge >= 0.3 is 0 Å². The van der Waals surface area contributed by atoms with Gasteiger partial charge < -0.3 is 10.2 Å². The highest BCUT2D eigenvalue weighted by Crippen LogP contribution is 2.28. The molecule has 0 fully saturated rings. The first-order valence-electron chi connectivity index (χ1n) is 11.5. The van der Waals surface area contributed by atoms with Crippen molar-refractivity contribution in [3.8, 4) is 17.1 Å². The molecule has 0 aliphatic carbocycles. The molecule has 3 aromatic carbocycles. The Morgan fingerprint density at radius 1 is 0.921 bits per heavy atom. The lowest BCUT2D eigenvalue weighted by Crippen LogP contribution is -2.25. The fraction of sp³-hybridized carbons (Fsp3) is 0.154. The Hall–Kier alpha value is -4.94. The normalized spacial score (nSPS) is 12.0. The number of aliphatic hydroxyl groups excluding tert-OH is 1. The molecule has 1 amide bonds. The number of amides is 1. The fourth-order valence-electron chi connectivity index (χ4n) is 4.10. The molecule has 2 N–H and O–H groups in total. The van der Waals surface area contributed by atoms with Crippen LogP contribution in [0.2, 0.25) is 0 Å². The second-order valence-electron chi connectivity index (χ2n) is 8.50. The number of carbonyl (C=O) groups excluding carboxylic acids is 2. The molecule has 0 aliphatic heterocycles. The molecule has 38 heavy (non-hydrogen) atoms. The van der Waals surface area contributed by atoms with E-state index in [1.165, 1.54) is 54.8 Å². The number of ketones is 1. The lowest BCUT2D eigenvalue weighted by Gasteiger charge is -2.14. The van der Waals surface area contributed by atoms with Crippen molar-refractivity contribution < 1.29 is 24.6 Å². The maximum atomic E-state index is 12.4. The molecule has 0 radical (unpaired) electrons. The summed E-state index contributed by atoms with van der Waals surface area (Å²) in [7, 11) is 2.83. The minimum absolute atomic E-state index is 0.0443. The van der Waals surface area contributed by atoms with Crippen LogP contribution in [0.1, 0.15) is 45.1 Å². The summed E-state index contributed by atoms with van der Waals surface area (Å²) >= 11 is 0. The minimum atomic E-state index is -1.27. The van der Waals surface area contributed by atoms with E-state index in [2.05, 4.69) is 20.6 Å². The molecule has 0 saturated heterocycles. The summed E-state index contributed by atoms with van der Waals surface area (Å²) in [5.74, 6) is -0.605. The Balaban J connectivity index is 1.45. The molecule has 12 nitrogen and oxygen atoms in total. The number of hydrogen-bond donors (Lipinski definition) is 2. The molecule has 0 spiro atoms. The second-order valence-corrected chi connectivity index (χ2v) is 8.50. The summed E-state index contributed by atoms with van der Waals surface area (Å²) < 4.78 is 2.76. The number of phenols is 1. The number of rotatable bonds is 7. The Morgan fingerprint density at radius 2 is 1.55 bits per heavy atom. The van der Waals surface area contributed by atoms with Crippen molar-refractivity contribution in [1.29, 1.82) is 0 Å². The van der Waals surface area contributed by atoms with Gasteiger partial charge in [-0.3, -0.25) is 14.4 Å². The van der Waals surface area contributed by atoms with Gasteiger partial charge in [0.15, 0.2) is 5.78 Å². The van der Waals surface area contributed by atoms with Gasteiger partial charge in [-0.2, -0.15) is 0 Å². The molecule has 1 unspecified atom stereocenters. The van der Waals surface area contributed by atoms with Crippen molar-refractivity contribution in [2.75, 3.05) is 14.2 Å². The number of aromatic nitrogens is 6. The first-order chi connectivity index (χ1) is 18.3. The van der Waals surface area contributed by atoms with Crippen molar-refractivity contribution in [1.82, 2.24) is 35.1 Å². The van der Waals surface area contributed by atoms with E-state index in [-0.39, 0.29) is 34.2 Å². The summed E-state index contributed by atoms with van der Waals surface area (Å²) in [6.45, 7) is 1.52. The fourth-order valence-corrected chi connectivity index (χ4v) is 4.10. The number of carbonyl (C=O) groups is 2. The zero-order valence-electron chi connectivity index (χ0n) is 20.7. The number of aliphatic hydroxyl groups is 1. The predicted octanol–water partition coefficient (Wildman–Crippen LogP) is 2.62. The van der Waals surface area contributed by atoms with Crippen molar-refractivity contribution in [3.05, 3.63) is 89.5 Å². The van der Waals surface area contributed by atoms with Gasteiger partial charge in [0.2, 0.25) is 0 Å². The van der Waals surface area contributed by atoms with E-state index in [0.29, 0.717) is 11.3 Å². The SMILES string of the molecule is CON(C)C(=O)c1ccc(O)c(-n2cc(C(O)c3cn(-c4cccc5c(C(C)=O)cccc45)nn3)nn2)c1. The van der Waals surface area contributed by atoms with E-state index in [1.54, 1.807) is 18.3 Å². The Labute approximate surface area is 216 Å². The average molecular weight is 514 g/mol. The largest absolute Gasteiger partial charge is 0.506 e. The van der Waals surface area contributed by atoms with Crippen LogP contribution in [0.25, 0.3) is 22.1 Å². The second kappa shape index (κ2) is 9.84. The van der Waals surface area contributed by atoms with Crippen molar-refractivity contribution in [3.63, 3.8) is 0 Å². The van der Waals surface area contributed by atoms with Gasteiger partial charge in [-0.1, -0.05) is 40.8 Å². The summed E-state index contributed by atoms with van der Waals surface area (Å²) in [6.07, 6.45) is 1.71. The van der Waals surface area contributed by atoms with Crippen LogP contribution in [-0.4, -0.2) is 71.1 Å². The van der Waals surface area contributed by atoms with Crippen LogP contribution in [0.4, 0.5) is 0 Å². The quantitative estimate of drug-likeness (QED) is 0.247. The molecule has 2 aromatic heterocycles. The van der Waals surface area contributed by atoms with E-state index in [1.807, 2.05) is 24.3 Å². The topological polar surface area (TPSA) is 148 Å². The van der Waals surface area contributed by atoms with Gasteiger partial charge in [0.1, 0.15) is 28.9 Å². The van der Waals surface area contributed by atoms with E-state index in [0.717, 1.165) is 15.8 Å². The Kier molecular flexibility index (Phi) is 6.41. The number of phenolic OH excluding ortho intramolecular Hbond substituents is 1. The smallest absolute Gasteiger partial charge is 0.277 e. The number of benzene rings is 3. The molecule has 1 atom stereocenters. The summed E-state index contributed by atoms with van der Waals surface area (Å²) in [5, 5.41) is 40.2. The van der Waals surface area contributed by atoms with Gasteiger partial charge in [-0.25, -0.2) is 14.4 Å². The van der Waals surface area contributed by atoms with Crippen LogP contribution >= 0.6 is 0 Å². The minimum Gasteiger partial charge on any atom is -0.506 e. The summed E-state index contributed by atoms with van der Waals surface area (Å²) in [6, 6.07) is 15.2. The van der Waals surface area contributed by atoms with Crippen LogP contribution < -0.4 is 0 Å². The molecule has 0 aliphatic rings. The van der Waals surface area contributed by atoms with Crippen molar-refractivity contribution in [2.24, 2.45) is 0 Å². The highest BCUT2D eigenvalue weighted by Gasteiger charge is 2.21. The van der Waals surface area contributed by atoms with Gasteiger partial charge in [-0.05, 0) is 36.6 Å². The van der Waals surface area contributed by atoms with Gasteiger partial charge in [0.25, 0.3) is 5.91 Å². The molecule has 192 valence electrons. The van der Waals surface area contributed by atoms with Crippen LogP contribution in [0, 0.1) is 0 Å². The summed E-state index contributed by atoms with van der Waals surface area (Å²) in [5.41, 5.74) is 2.10. The highest BCUT2D eigenvalue weighted by molar-refractivity contribution is 6.08. The third-order valence-electron chi connectivity index (χ3n) is 6.14. The van der Waals surface area contributed by atoms with Crippen LogP contribution in [-0.2, 0) is 4.84 Å². The number of hydroxylamine groups is 2. The molecule has 12 heteroatoms. The van der Waals surface area contributed by atoms with Crippen molar-refractivity contribution >= 4 is 22.5 Å². The molecule has 0 saturated carbocycles. The zero-order chi connectivity index (χ0) is 27.0. The van der Waals surface area contributed by atoms with E-state index >= 15 is 0 Å². The lowest BCUT2D eigenvalue weighted by atomic mass is 10.0. The standard InChI is InChI=1S/C26H23N7O5/c1-15(34)17-6-4-8-19-18(17)7-5-9-22(19)32-13-20(27-29-32)25(36)21-14-33(30-28-21)23-12-16(10-11-24(23)35)26(37)31(2)38-3/h4-14,25,35-36H,1-3H3. The number of fused-ring (bicyclic) bond motifs is 1. The van der Waals surface area contributed by atoms with E-state index in [9.17, 15) is 19.8 Å². The maximum Gasteiger partial charge on any atom is 0.277 e. The number of Topliss-reactive ketones (excluding diaryl/α,β-unsaturated/α-hetero) is 1. The monoisotopic (exact) mass is 513 g/mol. The van der Waals surface area contributed by atoms with Crippen molar-refractivity contribution in [2.45, 2.75) is 13.0 Å². The van der Waals surface area contributed by atoms with E-state index in [4.69, 9.17) is 4.84 Å². The Bertz CT molecular complexity index is 1680. The molecule has 0 bridgehead atoms. The lowest BCUT2D eigenvalue weighted by molar-refractivity contribution is -0.0757. The number of nitrogens with zero attached hydrogens (tertiary/aromatic N) is 7. The first-order valence-corrected chi connectivity index (χ1v) is 11.5. The third kappa shape index (κ3) is 4.38. The maximum absolute atomic E-state index is 12.4. The predicted molar refractivity (Wildman–Crippen MR) is 135 cm³/mol. The molecule has 5 aromatic rings. The van der Waals surface area contributed by atoms with Crippen LogP contribution in [0.3, 0.4) is 0 Å². The van der Waals surface area contributed by atoms with E-state index < -0.39 is 12.0 Å². The number of hydrogen-bond acceptors (Lipinski definition) is 9. The van der Waals surface area contributed by atoms with Gasteiger partial charge in [-0.15, -0.1) is 10.2 Å². The molecule has 2 heterocycles. The molecular formula is C26H23N7O5. The third-order valence-corrected chi connectivity index (χ3v) is 6.14. The average Bonchev–Trinajstić information content (AvgIpc) is 3.62.